The fraction of sp³-hybridized carbons (Fsp3) is 0.727. The smallest absolute Gasteiger partial charge is 0.321 e. The molecule has 1 rings (SSSR count). The summed E-state index contributed by atoms with van der Waals surface area (Å²) in [6.45, 7) is 8.59. The van der Waals surface area contributed by atoms with E-state index in [1.54, 1.807) is 16.8 Å². The quantitative estimate of drug-likeness (QED) is 0.583. The minimum absolute atomic E-state index is 0.0606. The molecule has 0 spiro atoms. The molecule has 0 bridgehead atoms. The molecule has 1 heterocycles. The average molecular weight is 196 g/mol. The van der Waals surface area contributed by atoms with Gasteiger partial charge in [0.15, 0.2) is 0 Å². The zero-order valence-electron chi connectivity index (χ0n) is 9.96. The van der Waals surface area contributed by atoms with E-state index >= 15 is 0 Å². The van der Waals surface area contributed by atoms with Crippen molar-refractivity contribution in [1.82, 2.24) is 9.80 Å². The number of urea groups is 1. The van der Waals surface area contributed by atoms with E-state index in [9.17, 15) is 4.79 Å². The van der Waals surface area contributed by atoms with Crippen molar-refractivity contribution in [1.29, 1.82) is 0 Å². The zero-order valence-corrected chi connectivity index (χ0v) is 9.96. The van der Waals surface area contributed by atoms with Crippen LogP contribution in [0.2, 0.25) is 0 Å². The number of carbonyl (C=O) groups is 1. The molecule has 0 aromatic carbocycles. The lowest BCUT2D eigenvalue weighted by atomic mass is 9.82. The maximum Gasteiger partial charge on any atom is 0.323 e. The molecule has 3 nitrogen and oxygen atoms in total. The summed E-state index contributed by atoms with van der Waals surface area (Å²) in [4.78, 5) is 15.0. The second kappa shape index (κ2) is 3.30. The van der Waals surface area contributed by atoms with Crippen molar-refractivity contribution in [3.63, 3.8) is 0 Å². The lowest BCUT2D eigenvalue weighted by Crippen LogP contribution is -2.48. The lowest BCUT2D eigenvalue weighted by Gasteiger charge is -2.40. The summed E-state index contributed by atoms with van der Waals surface area (Å²) in [5.74, 6) is 0. The van der Waals surface area contributed by atoms with Gasteiger partial charge >= 0.3 is 6.03 Å². The maximum absolute atomic E-state index is 11.6. The van der Waals surface area contributed by atoms with Gasteiger partial charge in [-0.1, -0.05) is 20.8 Å². The van der Waals surface area contributed by atoms with Crippen molar-refractivity contribution < 1.29 is 4.79 Å². The number of hydrogen-bond acceptors (Lipinski definition) is 1. The number of hydrogen-bond donors (Lipinski definition) is 0. The van der Waals surface area contributed by atoms with Gasteiger partial charge in [-0.3, -0.25) is 0 Å². The predicted octanol–water partition coefficient (Wildman–Crippen LogP) is 2.30. The minimum Gasteiger partial charge on any atom is -0.321 e. The molecule has 0 aromatic heterocycles. The second-order valence-corrected chi connectivity index (χ2v) is 5.01. The van der Waals surface area contributed by atoms with Crippen LogP contribution in [-0.2, 0) is 0 Å². The Morgan fingerprint density at radius 3 is 2.21 bits per heavy atom. The molecule has 1 aliphatic heterocycles. The highest BCUT2D eigenvalue weighted by Gasteiger charge is 2.32. The summed E-state index contributed by atoms with van der Waals surface area (Å²) in [5.41, 5.74) is 1.41. The molecule has 0 N–H and O–H groups in total. The Labute approximate surface area is 86.4 Å². The third-order valence-electron chi connectivity index (χ3n) is 2.83. The van der Waals surface area contributed by atoms with Gasteiger partial charge in [-0.2, -0.15) is 0 Å². The Morgan fingerprint density at radius 2 is 1.79 bits per heavy atom. The van der Waals surface area contributed by atoms with E-state index in [4.69, 9.17) is 0 Å². The standard InChI is InChI=1S/C11H20N2O/c1-8-9(11(2,3)4)7-12(5)10(14)13(8)6/h7-8H,1-6H3. The Hall–Kier alpha value is -0.990. The van der Waals surface area contributed by atoms with E-state index < -0.39 is 0 Å². The largest absolute Gasteiger partial charge is 0.323 e. The fourth-order valence-corrected chi connectivity index (χ4v) is 1.82. The van der Waals surface area contributed by atoms with Gasteiger partial charge < -0.3 is 9.80 Å². The SMILES string of the molecule is CC1C(C(C)(C)C)=CN(C)C(=O)N1C. The topological polar surface area (TPSA) is 23.6 Å². The molecule has 1 unspecified atom stereocenters. The van der Waals surface area contributed by atoms with Crippen LogP contribution in [0, 0.1) is 5.41 Å². The van der Waals surface area contributed by atoms with Crippen LogP contribution in [0.1, 0.15) is 27.7 Å². The lowest BCUT2D eigenvalue weighted by molar-refractivity contribution is 0.163. The predicted molar refractivity (Wildman–Crippen MR) is 57.9 cm³/mol. The van der Waals surface area contributed by atoms with Crippen LogP contribution in [0.3, 0.4) is 0 Å². The van der Waals surface area contributed by atoms with Crippen molar-refractivity contribution in [2.24, 2.45) is 5.41 Å². The van der Waals surface area contributed by atoms with E-state index in [2.05, 4.69) is 27.7 Å². The molecule has 3 heteroatoms. The molecule has 1 aliphatic rings. The van der Waals surface area contributed by atoms with Crippen molar-refractivity contribution in [2.75, 3.05) is 14.1 Å². The number of nitrogens with zero attached hydrogens (tertiary/aromatic N) is 2. The number of amides is 2. The van der Waals surface area contributed by atoms with Gasteiger partial charge in [0.25, 0.3) is 0 Å². The molecule has 0 aliphatic carbocycles. The summed E-state index contributed by atoms with van der Waals surface area (Å²) >= 11 is 0. The molecule has 80 valence electrons. The highest BCUT2D eigenvalue weighted by Crippen LogP contribution is 2.32. The molecule has 2 amide bonds. The van der Waals surface area contributed by atoms with Crippen LogP contribution < -0.4 is 0 Å². The number of rotatable bonds is 0. The summed E-state index contributed by atoms with van der Waals surface area (Å²) in [6.07, 6.45) is 1.97. The van der Waals surface area contributed by atoms with Crippen LogP contribution in [0.4, 0.5) is 4.79 Å². The van der Waals surface area contributed by atoms with Gasteiger partial charge in [-0.05, 0) is 17.9 Å². The highest BCUT2D eigenvalue weighted by atomic mass is 16.2. The molecule has 0 saturated heterocycles. The summed E-state index contributed by atoms with van der Waals surface area (Å²) in [6, 6.07) is 0.254. The molecular weight excluding hydrogens is 176 g/mol. The highest BCUT2D eigenvalue weighted by molar-refractivity contribution is 5.77. The van der Waals surface area contributed by atoms with Crippen LogP contribution in [0.15, 0.2) is 11.8 Å². The van der Waals surface area contributed by atoms with Crippen molar-refractivity contribution in [3.8, 4) is 0 Å². The van der Waals surface area contributed by atoms with Crippen molar-refractivity contribution in [2.45, 2.75) is 33.7 Å². The van der Waals surface area contributed by atoms with Crippen molar-refractivity contribution >= 4 is 6.03 Å². The van der Waals surface area contributed by atoms with Gasteiger partial charge in [0, 0.05) is 20.3 Å². The first-order valence-corrected chi connectivity index (χ1v) is 4.97. The minimum atomic E-state index is 0.0606. The fourth-order valence-electron chi connectivity index (χ4n) is 1.82. The normalized spacial score (nSPS) is 24.0. The van der Waals surface area contributed by atoms with Gasteiger partial charge in [0.05, 0.1) is 6.04 Å². The first-order valence-electron chi connectivity index (χ1n) is 4.97. The van der Waals surface area contributed by atoms with Crippen LogP contribution in [0.25, 0.3) is 0 Å². The molecule has 1 atom stereocenters. The zero-order chi connectivity index (χ0) is 11.1. The van der Waals surface area contributed by atoms with E-state index in [-0.39, 0.29) is 17.5 Å². The molecule has 0 fully saturated rings. The third-order valence-corrected chi connectivity index (χ3v) is 2.83. The Bertz CT molecular complexity index is 276. The summed E-state index contributed by atoms with van der Waals surface area (Å²) in [7, 11) is 3.65. The number of likely N-dealkylation sites (N-methyl/N-ethyl adjacent to an activating group) is 1. The average Bonchev–Trinajstić information content (AvgIpc) is 2.06. The molecule has 14 heavy (non-hydrogen) atoms. The molecule has 0 radical (unpaired) electrons. The molecule has 0 saturated carbocycles. The van der Waals surface area contributed by atoms with Gasteiger partial charge in [0.2, 0.25) is 0 Å². The van der Waals surface area contributed by atoms with Crippen molar-refractivity contribution in [3.05, 3.63) is 11.8 Å². The summed E-state index contributed by atoms with van der Waals surface area (Å²) in [5, 5.41) is 0. The first kappa shape index (κ1) is 11.1. The Kier molecular flexibility index (Phi) is 2.61. The van der Waals surface area contributed by atoms with E-state index in [1.165, 1.54) is 5.57 Å². The van der Waals surface area contributed by atoms with Gasteiger partial charge in [-0.25, -0.2) is 4.79 Å². The maximum atomic E-state index is 11.6. The van der Waals surface area contributed by atoms with Gasteiger partial charge in [-0.15, -0.1) is 0 Å². The third kappa shape index (κ3) is 1.76. The van der Waals surface area contributed by atoms with Crippen LogP contribution in [0.5, 0.6) is 0 Å². The summed E-state index contributed by atoms with van der Waals surface area (Å²) < 4.78 is 0. The van der Waals surface area contributed by atoms with E-state index in [1.807, 2.05) is 13.2 Å². The van der Waals surface area contributed by atoms with E-state index in [0.29, 0.717) is 0 Å². The second-order valence-electron chi connectivity index (χ2n) is 5.01. The van der Waals surface area contributed by atoms with Crippen LogP contribution >= 0.6 is 0 Å². The van der Waals surface area contributed by atoms with E-state index in [0.717, 1.165) is 0 Å². The van der Waals surface area contributed by atoms with Gasteiger partial charge in [0.1, 0.15) is 0 Å². The van der Waals surface area contributed by atoms with Crippen LogP contribution in [-0.4, -0.2) is 36.0 Å². The Balaban J connectivity index is 3.08. The first-order chi connectivity index (χ1) is 6.25. The Morgan fingerprint density at radius 1 is 1.29 bits per heavy atom. The number of carbonyl (C=O) groups excluding carboxylic acids is 1. The monoisotopic (exact) mass is 196 g/mol. The molecule has 0 aromatic rings. The molecular formula is C11H20N2O.